The Bertz CT molecular complexity index is 310. The quantitative estimate of drug-likeness (QED) is 0.600. The molecule has 114 valence electrons. The minimum atomic E-state index is -3.62. The van der Waals surface area contributed by atoms with E-state index in [1.807, 2.05) is 6.26 Å². The number of carboxylic acids is 1. The maximum atomic E-state index is 12.5. The zero-order chi connectivity index (χ0) is 15.1. The molecule has 0 saturated carbocycles. The van der Waals surface area contributed by atoms with Crippen LogP contribution in [0.3, 0.4) is 0 Å². The maximum absolute atomic E-state index is 12.5. The Morgan fingerprint density at radius 3 is 2.05 bits per heavy atom. The summed E-state index contributed by atoms with van der Waals surface area (Å²) in [6.45, 7) is 6.87. The Morgan fingerprint density at radius 2 is 1.74 bits per heavy atom. The normalized spacial score (nSPS) is 14.1. The van der Waals surface area contributed by atoms with Crippen molar-refractivity contribution >= 4 is 25.5 Å². The van der Waals surface area contributed by atoms with Crippen molar-refractivity contribution in [1.29, 1.82) is 0 Å². The van der Waals surface area contributed by atoms with Gasteiger partial charge in [-0.3, -0.25) is 13.8 Å². The Hall–Kier alpha value is -0.0700. The fourth-order valence-electron chi connectivity index (χ4n) is 1.31. The number of thioether (sulfide) groups is 1. The second-order valence-electron chi connectivity index (χ2n) is 4.61. The van der Waals surface area contributed by atoms with Gasteiger partial charge in [0.2, 0.25) is 0 Å². The van der Waals surface area contributed by atoms with Crippen LogP contribution in [0.1, 0.15) is 34.1 Å². The van der Waals surface area contributed by atoms with Gasteiger partial charge in [-0.25, -0.2) is 9.65 Å². The smallest absolute Gasteiger partial charge is 0.406 e. The minimum absolute atomic E-state index is 0.327. The SMILES string of the molecule is CSCC[C@H](NP(=O)(OC(C)C)OC(C)C)C(=O)O. The van der Waals surface area contributed by atoms with E-state index in [0.29, 0.717) is 12.2 Å². The summed E-state index contributed by atoms with van der Waals surface area (Å²) in [5, 5.41) is 11.7. The molecule has 0 bridgehead atoms. The lowest BCUT2D eigenvalue weighted by Crippen LogP contribution is -2.37. The number of aliphatic carboxylic acids is 1. The molecule has 2 N–H and O–H groups in total. The first-order valence-electron chi connectivity index (χ1n) is 6.16. The zero-order valence-corrected chi connectivity index (χ0v) is 13.8. The molecule has 0 fully saturated rings. The van der Waals surface area contributed by atoms with Crippen molar-refractivity contribution in [2.24, 2.45) is 0 Å². The second-order valence-corrected chi connectivity index (χ2v) is 7.27. The van der Waals surface area contributed by atoms with E-state index in [2.05, 4.69) is 5.09 Å². The summed E-state index contributed by atoms with van der Waals surface area (Å²) in [4.78, 5) is 11.2. The highest BCUT2D eigenvalue weighted by Gasteiger charge is 2.33. The number of hydrogen-bond donors (Lipinski definition) is 2. The first-order valence-corrected chi connectivity index (χ1v) is 9.10. The first-order chi connectivity index (χ1) is 8.70. The van der Waals surface area contributed by atoms with Crippen molar-refractivity contribution in [3.8, 4) is 0 Å². The number of hydrogen-bond acceptors (Lipinski definition) is 5. The summed E-state index contributed by atoms with van der Waals surface area (Å²) in [6.07, 6.45) is 1.58. The van der Waals surface area contributed by atoms with Crippen molar-refractivity contribution in [2.75, 3.05) is 12.0 Å². The van der Waals surface area contributed by atoms with Crippen molar-refractivity contribution in [1.82, 2.24) is 5.09 Å². The Labute approximate surface area is 119 Å². The molecular formula is C11H24NO5PS. The molecule has 0 aromatic heterocycles. The van der Waals surface area contributed by atoms with Gasteiger partial charge >= 0.3 is 13.7 Å². The summed E-state index contributed by atoms with van der Waals surface area (Å²) in [5.41, 5.74) is 0. The highest BCUT2D eigenvalue weighted by Crippen LogP contribution is 2.47. The molecule has 0 aliphatic heterocycles. The topological polar surface area (TPSA) is 84.9 Å². The van der Waals surface area contributed by atoms with Crippen molar-refractivity contribution in [3.05, 3.63) is 0 Å². The van der Waals surface area contributed by atoms with Crippen LogP contribution in [-0.2, 0) is 18.4 Å². The lowest BCUT2D eigenvalue weighted by molar-refractivity contribution is -0.139. The van der Waals surface area contributed by atoms with Crippen molar-refractivity contribution in [2.45, 2.75) is 52.4 Å². The van der Waals surface area contributed by atoms with Crippen LogP contribution in [0.2, 0.25) is 0 Å². The zero-order valence-electron chi connectivity index (χ0n) is 12.1. The highest BCUT2D eigenvalue weighted by atomic mass is 32.2. The van der Waals surface area contributed by atoms with Crippen LogP contribution in [0, 0.1) is 0 Å². The summed E-state index contributed by atoms with van der Waals surface area (Å²) in [7, 11) is -3.62. The molecule has 8 heteroatoms. The molecule has 0 spiro atoms. The largest absolute Gasteiger partial charge is 0.480 e. The van der Waals surface area contributed by atoms with E-state index in [4.69, 9.17) is 14.2 Å². The predicted molar refractivity (Wildman–Crippen MR) is 77.6 cm³/mol. The van der Waals surface area contributed by atoms with E-state index in [9.17, 15) is 9.36 Å². The molecular weight excluding hydrogens is 289 g/mol. The number of nitrogens with one attached hydrogen (secondary N) is 1. The molecule has 0 radical (unpaired) electrons. The Morgan fingerprint density at radius 1 is 1.26 bits per heavy atom. The van der Waals surface area contributed by atoms with Gasteiger partial charge < -0.3 is 5.11 Å². The van der Waals surface area contributed by atoms with Gasteiger partial charge in [0.15, 0.2) is 0 Å². The van der Waals surface area contributed by atoms with Crippen LogP contribution in [0.4, 0.5) is 0 Å². The van der Waals surface area contributed by atoms with Crippen molar-refractivity contribution in [3.63, 3.8) is 0 Å². The van der Waals surface area contributed by atoms with Gasteiger partial charge in [-0.2, -0.15) is 11.8 Å². The van der Waals surface area contributed by atoms with Crippen LogP contribution < -0.4 is 5.09 Å². The van der Waals surface area contributed by atoms with Gasteiger partial charge in [-0.05, 0) is 46.1 Å². The number of carboxylic acid groups (broad SMARTS) is 1. The molecule has 0 saturated heterocycles. The van der Waals surface area contributed by atoms with Crippen LogP contribution in [0.15, 0.2) is 0 Å². The summed E-state index contributed by atoms with van der Waals surface area (Å²) in [6, 6.07) is -0.948. The van der Waals surface area contributed by atoms with Gasteiger partial charge in [-0.1, -0.05) is 0 Å². The van der Waals surface area contributed by atoms with Crippen molar-refractivity contribution < 1.29 is 23.5 Å². The second kappa shape index (κ2) is 8.97. The van der Waals surface area contributed by atoms with Gasteiger partial charge in [0, 0.05) is 0 Å². The monoisotopic (exact) mass is 313 g/mol. The summed E-state index contributed by atoms with van der Waals surface area (Å²) in [5.74, 6) is -0.415. The third-order valence-corrected chi connectivity index (χ3v) is 4.59. The van der Waals surface area contributed by atoms with Gasteiger partial charge in [0.25, 0.3) is 0 Å². The standard InChI is InChI=1S/C11H24NO5PS/c1-8(2)16-18(15,17-9(3)4)12-10(11(13)14)6-7-19-5/h8-10H,6-7H2,1-5H3,(H,12,15)(H,13,14)/t10-/m0/s1. The maximum Gasteiger partial charge on any atom is 0.406 e. The molecule has 0 heterocycles. The van der Waals surface area contributed by atoms with E-state index < -0.39 is 19.8 Å². The highest BCUT2D eigenvalue weighted by molar-refractivity contribution is 7.98. The molecule has 19 heavy (non-hydrogen) atoms. The average Bonchev–Trinajstić information content (AvgIpc) is 2.21. The molecule has 0 amide bonds. The Balaban J connectivity index is 4.84. The van der Waals surface area contributed by atoms with E-state index in [-0.39, 0.29) is 12.2 Å². The van der Waals surface area contributed by atoms with Crippen LogP contribution in [-0.4, -0.2) is 41.3 Å². The molecule has 0 aromatic rings. The molecule has 0 aromatic carbocycles. The third kappa shape index (κ3) is 8.65. The van der Waals surface area contributed by atoms with Gasteiger partial charge in [0.05, 0.1) is 12.2 Å². The average molecular weight is 313 g/mol. The van der Waals surface area contributed by atoms with E-state index in [1.54, 1.807) is 27.7 Å². The molecule has 1 atom stereocenters. The molecule has 0 rings (SSSR count). The molecule has 0 aliphatic carbocycles. The fourth-order valence-corrected chi connectivity index (χ4v) is 3.68. The Kier molecular flexibility index (Phi) is 8.94. The van der Waals surface area contributed by atoms with Crippen LogP contribution in [0.5, 0.6) is 0 Å². The predicted octanol–water partition coefficient (Wildman–Crippen LogP) is 2.74. The molecule has 0 unspecified atom stereocenters. The number of rotatable bonds is 10. The van der Waals surface area contributed by atoms with E-state index >= 15 is 0 Å². The number of carbonyl (C=O) groups is 1. The minimum Gasteiger partial charge on any atom is -0.480 e. The fraction of sp³-hybridized carbons (Fsp3) is 0.909. The first kappa shape index (κ1) is 18.9. The molecule has 6 nitrogen and oxygen atoms in total. The third-order valence-electron chi connectivity index (χ3n) is 1.92. The van der Waals surface area contributed by atoms with Crippen LogP contribution >= 0.6 is 19.5 Å². The lowest BCUT2D eigenvalue weighted by Gasteiger charge is -2.26. The van der Waals surface area contributed by atoms with E-state index in [1.165, 1.54) is 11.8 Å². The van der Waals surface area contributed by atoms with Gasteiger partial charge in [-0.15, -0.1) is 0 Å². The lowest BCUT2D eigenvalue weighted by atomic mass is 10.2. The van der Waals surface area contributed by atoms with E-state index in [0.717, 1.165) is 0 Å². The summed E-state index contributed by atoms with van der Waals surface area (Å²) < 4.78 is 23.0. The van der Waals surface area contributed by atoms with Crippen LogP contribution in [0.25, 0.3) is 0 Å². The summed E-state index contributed by atoms with van der Waals surface area (Å²) >= 11 is 1.53. The van der Waals surface area contributed by atoms with Gasteiger partial charge in [0.1, 0.15) is 6.04 Å². The molecule has 0 aliphatic rings.